The topological polar surface area (TPSA) is 21.7 Å². The molecular weight excluding hydrogens is 620 g/mol. The van der Waals surface area contributed by atoms with Crippen LogP contribution in [0.15, 0.2) is 12.7 Å². The maximum Gasteiger partial charge on any atom is 0.460 e. The fourth-order valence-corrected chi connectivity index (χ4v) is 2.70. The van der Waals surface area contributed by atoms with Crippen molar-refractivity contribution in [3.8, 4) is 0 Å². The molecule has 0 aromatic carbocycles. The summed E-state index contributed by atoms with van der Waals surface area (Å²) in [5.74, 6) is -36.7. The summed E-state index contributed by atoms with van der Waals surface area (Å²) < 4.78 is 172. The van der Waals surface area contributed by atoms with Crippen LogP contribution < -0.4 is 28.5 Å². The van der Waals surface area contributed by atoms with Crippen LogP contribution in [0.25, 0.3) is 0 Å². The van der Waals surface area contributed by atoms with Gasteiger partial charge in [0.15, 0.2) is 0 Å². The van der Waals surface area contributed by atoms with Gasteiger partial charge in [-0.1, -0.05) is 32.6 Å². The van der Waals surface area contributed by atoms with E-state index in [1.807, 2.05) is 6.92 Å². The lowest BCUT2D eigenvalue weighted by Crippen LogP contribution is -3.00. The minimum absolute atomic E-state index is 0. The van der Waals surface area contributed by atoms with Gasteiger partial charge in [-0.3, -0.25) is 0 Å². The van der Waals surface area contributed by atoms with Gasteiger partial charge in [-0.15, -0.1) is 4.68 Å². The van der Waals surface area contributed by atoms with Gasteiger partial charge in [0, 0.05) is 11.5 Å². The third-order valence-electron chi connectivity index (χ3n) is 4.80. The summed E-state index contributed by atoms with van der Waals surface area (Å²) in [5.41, 5.74) is 0. The first-order valence-electron chi connectivity index (χ1n) is 9.63. The standard InChI is InChI=1S/C17H21F13N3.HI/c1-2-3-4-5-6-8-33-11-32(10-31-33)9-7-12(18,19)13(20,21)14(22,23)15(24,25)16(26,27)17(28,29)30;/h10-11H,2-9H2,1H3;1H/q+1;/p-1. The van der Waals surface area contributed by atoms with Gasteiger partial charge in [0.25, 0.3) is 6.33 Å². The largest absolute Gasteiger partial charge is 1.00 e. The normalized spacial score (nSPS) is 14.3. The third-order valence-corrected chi connectivity index (χ3v) is 4.80. The van der Waals surface area contributed by atoms with Crippen LogP contribution in [0, 0.1) is 0 Å². The van der Waals surface area contributed by atoms with E-state index in [0.717, 1.165) is 42.9 Å². The Kier molecular flexibility index (Phi) is 11.0. The molecule has 0 radical (unpaired) electrons. The van der Waals surface area contributed by atoms with Crippen LogP contribution in [0.1, 0.15) is 45.4 Å². The van der Waals surface area contributed by atoms with Crippen LogP contribution in [0.3, 0.4) is 0 Å². The predicted molar refractivity (Wildman–Crippen MR) is 86.6 cm³/mol. The first kappa shape index (κ1) is 33.0. The van der Waals surface area contributed by atoms with Crippen molar-refractivity contribution in [1.82, 2.24) is 9.78 Å². The van der Waals surface area contributed by atoms with E-state index in [1.165, 1.54) is 4.68 Å². The first-order valence-corrected chi connectivity index (χ1v) is 9.63. The molecular formula is C17H21F13IN3. The van der Waals surface area contributed by atoms with Crippen molar-refractivity contribution in [2.75, 3.05) is 0 Å². The van der Waals surface area contributed by atoms with Gasteiger partial charge in [-0.2, -0.15) is 57.1 Å². The highest BCUT2D eigenvalue weighted by Crippen LogP contribution is 2.60. The molecule has 34 heavy (non-hydrogen) atoms. The molecule has 0 saturated carbocycles. The zero-order valence-corrected chi connectivity index (χ0v) is 19.6. The highest BCUT2D eigenvalue weighted by Gasteiger charge is 2.90. The number of hydrogen-bond acceptors (Lipinski definition) is 1. The SMILES string of the molecule is CCCCCCCn1c[n+](CCC(F)(F)C(F)(F)C(F)(F)C(F)(F)C(F)(F)C(F)(F)F)cn1.[I-]. The summed E-state index contributed by atoms with van der Waals surface area (Å²) in [7, 11) is 0. The van der Waals surface area contributed by atoms with E-state index >= 15 is 0 Å². The summed E-state index contributed by atoms with van der Waals surface area (Å²) >= 11 is 0. The molecule has 0 unspecified atom stereocenters. The number of nitrogens with zero attached hydrogens (tertiary/aromatic N) is 3. The Morgan fingerprint density at radius 2 is 1.21 bits per heavy atom. The lowest BCUT2D eigenvalue weighted by Gasteiger charge is -2.39. The molecule has 3 nitrogen and oxygen atoms in total. The van der Waals surface area contributed by atoms with Gasteiger partial charge >= 0.3 is 35.8 Å². The van der Waals surface area contributed by atoms with Crippen LogP contribution in [-0.2, 0) is 13.1 Å². The summed E-state index contributed by atoms with van der Waals surface area (Å²) in [4.78, 5) is 0. The van der Waals surface area contributed by atoms with Crippen LogP contribution in [0.4, 0.5) is 57.1 Å². The van der Waals surface area contributed by atoms with Gasteiger partial charge in [-0.25, -0.2) is 4.57 Å². The Balaban J connectivity index is 0.0000109. The molecule has 0 atom stereocenters. The summed E-state index contributed by atoms with van der Waals surface area (Å²) in [5, 5.41) is 3.70. The van der Waals surface area contributed by atoms with Crippen LogP contribution in [-0.4, -0.2) is 45.6 Å². The number of hydrogen-bond donors (Lipinski definition) is 0. The molecule has 0 bridgehead atoms. The summed E-state index contributed by atoms with van der Waals surface area (Å²) in [6.45, 7) is 1.07. The van der Waals surface area contributed by atoms with Crippen molar-refractivity contribution < 1.29 is 85.6 Å². The van der Waals surface area contributed by atoms with Crippen molar-refractivity contribution in [1.29, 1.82) is 0 Å². The second kappa shape index (κ2) is 11.3. The molecule has 0 aliphatic rings. The van der Waals surface area contributed by atoms with Gasteiger partial charge in [-0.05, 0) is 6.42 Å². The maximum atomic E-state index is 13.8. The molecule has 1 aromatic rings. The molecule has 1 heterocycles. The Labute approximate surface area is 202 Å². The molecule has 1 aromatic heterocycles. The number of rotatable bonds is 13. The lowest BCUT2D eigenvalue weighted by molar-refractivity contribution is -0.701. The number of aromatic nitrogens is 3. The summed E-state index contributed by atoms with van der Waals surface area (Å²) in [6.07, 6.45) is -3.56. The minimum Gasteiger partial charge on any atom is -1.00 e. The molecule has 0 aliphatic carbocycles. The molecule has 17 heteroatoms. The Hall–Kier alpha value is -1.04. The monoisotopic (exact) mass is 641 g/mol. The van der Waals surface area contributed by atoms with Crippen LogP contribution in [0.2, 0.25) is 0 Å². The lowest BCUT2D eigenvalue weighted by atomic mass is 9.92. The highest BCUT2D eigenvalue weighted by molar-refractivity contribution is 5.09. The van der Waals surface area contributed by atoms with Crippen molar-refractivity contribution >= 4 is 0 Å². The van der Waals surface area contributed by atoms with E-state index in [0.29, 0.717) is 13.0 Å². The third kappa shape index (κ3) is 6.39. The van der Waals surface area contributed by atoms with E-state index in [4.69, 9.17) is 0 Å². The zero-order chi connectivity index (χ0) is 25.9. The van der Waals surface area contributed by atoms with Crippen LogP contribution >= 0.6 is 0 Å². The van der Waals surface area contributed by atoms with E-state index in [2.05, 4.69) is 5.10 Å². The maximum absolute atomic E-state index is 13.8. The van der Waals surface area contributed by atoms with Gasteiger partial charge in [0.05, 0.1) is 6.54 Å². The molecule has 202 valence electrons. The highest BCUT2D eigenvalue weighted by atomic mass is 127. The van der Waals surface area contributed by atoms with Crippen molar-refractivity contribution in [2.45, 2.75) is 94.3 Å². The Bertz CT molecular complexity index is 762. The van der Waals surface area contributed by atoms with E-state index in [9.17, 15) is 57.1 Å². The number of unbranched alkanes of at least 4 members (excludes halogenated alkanes) is 4. The quantitative estimate of drug-likeness (QED) is 0.140. The average molecular weight is 641 g/mol. The van der Waals surface area contributed by atoms with E-state index in [-0.39, 0.29) is 24.0 Å². The molecule has 0 fully saturated rings. The molecule has 0 spiro atoms. The van der Waals surface area contributed by atoms with E-state index < -0.39 is 48.8 Å². The summed E-state index contributed by atoms with van der Waals surface area (Å²) in [6, 6.07) is 0. The zero-order valence-electron chi connectivity index (χ0n) is 17.4. The number of halogens is 14. The second-order valence-corrected chi connectivity index (χ2v) is 7.41. The average Bonchev–Trinajstić information content (AvgIpc) is 3.12. The first-order chi connectivity index (χ1) is 14.8. The second-order valence-electron chi connectivity index (χ2n) is 7.41. The van der Waals surface area contributed by atoms with Gasteiger partial charge in [0.2, 0.25) is 6.33 Å². The molecule has 0 amide bonds. The van der Waals surface area contributed by atoms with Gasteiger partial charge < -0.3 is 24.0 Å². The minimum atomic E-state index is -7.87. The Morgan fingerprint density at radius 1 is 0.706 bits per heavy atom. The molecule has 0 saturated heterocycles. The molecule has 1 rings (SSSR count). The molecule has 0 N–H and O–H groups in total. The van der Waals surface area contributed by atoms with E-state index in [1.54, 1.807) is 0 Å². The van der Waals surface area contributed by atoms with Gasteiger partial charge in [0.1, 0.15) is 6.54 Å². The van der Waals surface area contributed by atoms with Crippen LogP contribution in [0.5, 0.6) is 0 Å². The molecule has 0 aliphatic heterocycles. The van der Waals surface area contributed by atoms with Crippen molar-refractivity contribution in [3.05, 3.63) is 12.7 Å². The Morgan fingerprint density at radius 3 is 1.71 bits per heavy atom. The predicted octanol–water partition coefficient (Wildman–Crippen LogP) is 3.27. The number of aryl methyl sites for hydroxylation is 2. The van der Waals surface area contributed by atoms with Crippen molar-refractivity contribution in [2.24, 2.45) is 0 Å². The number of alkyl halides is 13. The van der Waals surface area contributed by atoms with Crippen molar-refractivity contribution in [3.63, 3.8) is 0 Å². The fraction of sp³-hybridized carbons (Fsp3) is 0.882. The smallest absolute Gasteiger partial charge is 0.460 e. The fourth-order valence-electron chi connectivity index (χ4n) is 2.70.